The lowest BCUT2D eigenvalue weighted by Gasteiger charge is -2.12. The molecule has 0 bridgehead atoms. The first-order valence-corrected chi connectivity index (χ1v) is 8.27. The van der Waals surface area contributed by atoms with Crippen LogP contribution in [0.1, 0.15) is 12.7 Å². The van der Waals surface area contributed by atoms with E-state index in [2.05, 4.69) is 15.3 Å². The molecule has 3 rings (SSSR count). The van der Waals surface area contributed by atoms with Crippen molar-refractivity contribution in [2.45, 2.75) is 19.9 Å². The molecule has 2 heterocycles. The van der Waals surface area contributed by atoms with Gasteiger partial charge >= 0.3 is 5.97 Å². The third-order valence-corrected chi connectivity index (χ3v) is 4.54. The highest BCUT2D eigenvalue weighted by atomic mass is 32.1. The van der Waals surface area contributed by atoms with Crippen LogP contribution < -0.4 is 10.1 Å². The van der Waals surface area contributed by atoms with Gasteiger partial charge in [-0.15, -0.1) is 11.3 Å². The van der Waals surface area contributed by atoms with Crippen molar-refractivity contribution in [1.82, 2.24) is 9.97 Å². The average Bonchev–Trinajstić information content (AvgIpc) is 2.98. The minimum Gasteiger partial charge on any atom is -0.497 e. The lowest BCUT2D eigenvalue weighted by molar-refractivity contribution is -0.137. The largest absolute Gasteiger partial charge is 0.497 e. The maximum atomic E-state index is 11.2. The van der Waals surface area contributed by atoms with Crippen LogP contribution in [0.2, 0.25) is 0 Å². The van der Waals surface area contributed by atoms with E-state index in [0.717, 1.165) is 27.1 Å². The van der Waals surface area contributed by atoms with Gasteiger partial charge in [0.15, 0.2) is 0 Å². The molecule has 3 aromatic rings. The predicted molar refractivity (Wildman–Crippen MR) is 94.9 cm³/mol. The fraction of sp³-hybridized carbons (Fsp3) is 0.235. The predicted octanol–water partition coefficient (Wildman–Crippen LogP) is 3.56. The van der Waals surface area contributed by atoms with Gasteiger partial charge < -0.3 is 15.2 Å². The summed E-state index contributed by atoms with van der Waals surface area (Å²) in [7, 11) is 1.63. The number of methoxy groups -OCH3 is 1. The van der Waals surface area contributed by atoms with E-state index in [9.17, 15) is 4.79 Å². The van der Waals surface area contributed by atoms with E-state index in [0.29, 0.717) is 11.6 Å². The number of hydrogen-bond donors (Lipinski definition) is 2. The molecule has 6 nitrogen and oxygen atoms in total. The fourth-order valence-electron chi connectivity index (χ4n) is 2.40. The van der Waals surface area contributed by atoms with Crippen LogP contribution >= 0.6 is 11.3 Å². The Kier molecular flexibility index (Phi) is 4.35. The first kappa shape index (κ1) is 16.2. The zero-order chi connectivity index (χ0) is 17.3. The molecule has 1 atom stereocenters. The fourth-order valence-corrected chi connectivity index (χ4v) is 3.40. The third-order valence-electron chi connectivity index (χ3n) is 3.67. The minimum atomic E-state index is -0.930. The van der Waals surface area contributed by atoms with Gasteiger partial charge in [0.2, 0.25) is 0 Å². The Bertz CT molecular complexity index is 890. The third kappa shape index (κ3) is 3.03. The van der Waals surface area contributed by atoms with E-state index in [1.54, 1.807) is 21.0 Å². The van der Waals surface area contributed by atoms with Crippen LogP contribution in [0.5, 0.6) is 5.75 Å². The number of ether oxygens (including phenoxy) is 1. The second-order valence-corrected chi connectivity index (χ2v) is 6.24. The Balaban J connectivity index is 2.13. The number of thiophene rings is 1. The summed E-state index contributed by atoms with van der Waals surface area (Å²) >= 11 is 1.51. The maximum absolute atomic E-state index is 11.2. The second kappa shape index (κ2) is 6.45. The summed E-state index contributed by atoms with van der Waals surface area (Å²) in [5.74, 6) is 0.994. The highest BCUT2D eigenvalue weighted by Crippen LogP contribution is 2.37. The zero-order valence-electron chi connectivity index (χ0n) is 13.5. The Morgan fingerprint density at radius 1 is 1.29 bits per heavy atom. The Morgan fingerprint density at radius 3 is 2.62 bits per heavy atom. The molecule has 0 spiro atoms. The number of hydrogen-bond acceptors (Lipinski definition) is 6. The van der Waals surface area contributed by atoms with Crippen LogP contribution in [-0.2, 0) is 4.79 Å². The normalized spacial score (nSPS) is 12.1. The molecule has 0 aliphatic carbocycles. The van der Waals surface area contributed by atoms with Crippen LogP contribution in [-0.4, -0.2) is 34.2 Å². The van der Waals surface area contributed by atoms with Crippen LogP contribution in [0.3, 0.4) is 0 Å². The van der Waals surface area contributed by atoms with Crippen molar-refractivity contribution in [2.24, 2.45) is 0 Å². The number of nitrogens with one attached hydrogen (secondary N) is 1. The number of aromatic nitrogens is 2. The van der Waals surface area contributed by atoms with Crippen molar-refractivity contribution in [2.75, 3.05) is 12.4 Å². The van der Waals surface area contributed by atoms with E-state index >= 15 is 0 Å². The van der Waals surface area contributed by atoms with Gasteiger partial charge in [-0.2, -0.15) is 0 Å². The van der Waals surface area contributed by atoms with Gasteiger partial charge in [0, 0.05) is 10.9 Å². The number of nitrogens with zero attached hydrogens (tertiary/aromatic N) is 2. The van der Waals surface area contributed by atoms with Gasteiger partial charge in [0.05, 0.1) is 12.5 Å². The molecule has 0 aliphatic heterocycles. The van der Waals surface area contributed by atoms with Gasteiger partial charge in [-0.3, -0.25) is 4.79 Å². The smallest absolute Gasteiger partial charge is 0.325 e. The van der Waals surface area contributed by atoms with E-state index in [4.69, 9.17) is 9.84 Å². The molecule has 2 N–H and O–H groups in total. The number of carbonyl (C=O) groups is 1. The number of carboxylic acid groups (broad SMARTS) is 1. The summed E-state index contributed by atoms with van der Waals surface area (Å²) in [6.07, 6.45) is 0. The van der Waals surface area contributed by atoms with Gasteiger partial charge in [-0.25, -0.2) is 9.97 Å². The zero-order valence-corrected chi connectivity index (χ0v) is 14.3. The number of aliphatic carboxylic acids is 1. The SMILES string of the molecule is COc1ccc(-c2csc3nc(C)nc(NC(C)C(=O)O)c23)cc1. The summed E-state index contributed by atoms with van der Waals surface area (Å²) in [4.78, 5) is 20.9. The number of rotatable bonds is 5. The molecule has 0 radical (unpaired) electrons. The molecule has 1 unspecified atom stereocenters. The molecule has 0 fully saturated rings. The van der Waals surface area contributed by atoms with Crippen molar-refractivity contribution in [3.63, 3.8) is 0 Å². The molecule has 24 heavy (non-hydrogen) atoms. The first-order valence-electron chi connectivity index (χ1n) is 7.39. The molecule has 1 aromatic carbocycles. The summed E-state index contributed by atoms with van der Waals surface area (Å²) in [5, 5.41) is 15.0. The lowest BCUT2D eigenvalue weighted by Crippen LogP contribution is -2.26. The van der Waals surface area contributed by atoms with Crippen molar-refractivity contribution >= 4 is 33.3 Å². The quantitative estimate of drug-likeness (QED) is 0.737. The second-order valence-electron chi connectivity index (χ2n) is 5.38. The van der Waals surface area contributed by atoms with Gasteiger partial charge in [0.25, 0.3) is 0 Å². The van der Waals surface area contributed by atoms with Crippen molar-refractivity contribution in [3.8, 4) is 16.9 Å². The Labute approximate surface area is 143 Å². The standard InChI is InChI=1S/C17H17N3O3S/c1-9(17(21)22)18-15-14-13(8-24-16(14)20-10(2)19-15)11-4-6-12(23-3)7-5-11/h4-9H,1-3H3,(H,21,22)(H,18,19,20). The Hall–Kier alpha value is -2.67. The van der Waals surface area contributed by atoms with Crippen molar-refractivity contribution < 1.29 is 14.6 Å². The van der Waals surface area contributed by atoms with Crippen molar-refractivity contribution in [3.05, 3.63) is 35.5 Å². The van der Waals surface area contributed by atoms with E-state index in [1.807, 2.05) is 29.6 Å². The molecule has 2 aromatic heterocycles. The van der Waals surface area contributed by atoms with Crippen molar-refractivity contribution in [1.29, 1.82) is 0 Å². The van der Waals surface area contributed by atoms with Gasteiger partial charge in [0.1, 0.15) is 28.3 Å². The summed E-state index contributed by atoms with van der Waals surface area (Å²) in [6.45, 7) is 3.38. The van der Waals surface area contributed by atoms with E-state index in [1.165, 1.54) is 11.3 Å². The maximum Gasteiger partial charge on any atom is 0.325 e. The highest BCUT2D eigenvalue weighted by Gasteiger charge is 2.18. The van der Waals surface area contributed by atoms with Crippen LogP contribution in [0.25, 0.3) is 21.3 Å². The van der Waals surface area contributed by atoms with Crippen LogP contribution in [0.15, 0.2) is 29.6 Å². The van der Waals surface area contributed by atoms with Gasteiger partial charge in [-0.05, 0) is 31.5 Å². The molecule has 0 amide bonds. The number of anilines is 1. The summed E-state index contributed by atoms with van der Waals surface area (Å²) in [5.41, 5.74) is 1.97. The molecular formula is C17H17N3O3S. The molecule has 7 heteroatoms. The summed E-state index contributed by atoms with van der Waals surface area (Å²) in [6, 6.07) is 6.96. The molecule has 0 saturated carbocycles. The number of benzene rings is 1. The first-order chi connectivity index (χ1) is 11.5. The molecular weight excluding hydrogens is 326 g/mol. The molecule has 0 saturated heterocycles. The number of fused-ring (bicyclic) bond motifs is 1. The van der Waals surface area contributed by atoms with E-state index in [-0.39, 0.29) is 0 Å². The topological polar surface area (TPSA) is 84.3 Å². The number of carboxylic acids is 1. The lowest BCUT2D eigenvalue weighted by atomic mass is 10.1. The van der Waals surface area contributed by atoms with Crippen LogP contribution in [0.4, 0.5) is 5.82 Å². The van der Waals surface area contributed by atoms with Gasteiger partial charge in [-0.1, -0.05) is 12.1 Å². The number of aryl methyl sites for hydroxylation is 1. The van der Waals surface area contributed by atoms with E-state index < -0.39 is 12.0 Å². The minimum absolute atomic E-state index is 0.541. The average molecular weight is 343 g/mol. The molecule has 124 valence electrons. The highest BCUT2D eigenvalue weighted by molar-refractivity contribution is 7.17. The van der Waals surface area contributed by atoms with Crippen LogP contribution in [0, 0.1) is 6.92 Å². The molecule has 0 aliphatic rings. The monoisotopic (exact) mass is 343 g/mol. The summed E-state index contributed by atoms with van der Waals surface area (Å²) < 4.78 is 5.19. The Morgan fingerprint density at radius 2 is 2.00 bits per heavy atom.